The Morgan fingerprint density at radius 1 is 1.67 bits per heavy atom. The van der Waals surface area contributed by atoms with E-state index in [0.29, 0.717) is 12.4 Å². The summed E-state index contributed by atoms with van der Waals surface area (Å²) in [5.41, 5.74) is 0. The first-order valence-electron chi connectivity index (χ1n) is 5.78. The molecule has 1 heterocycles. The first-order chi connectivity index (χ1) is 8.60. The fraction of sp³-hybridized carbons (Fsp3) is 0.545. The van der Waals surface area contributed by atoms with Gasteiger partial charge < -0.3 is 15.2 Å². The standard InChI is InChI=1S/C11H15N3O4/c1-2-18-8-5-7(8)11(17)12-9-3-4-14(13-9)6-10(15)16/h3-4,7-8H,2,5-6H2,1H3,(H,15,16)(H,12,13,17). The summed E-state index contributed by atoms with van der Waals surface area (Å²) in [4.78, 5) is 22.2. The maximum absolute atomic E-state index is 11.7. The molecule has 2 N–H and O–H groups in total. The number of anilines is 1. The molecule has 1 fully saturated rings. The predicted molar refractivity (Wildman–Crippen MR) is 62.0 cm³/mol. The number of nitrogens with zero attached hydrogens (tertiary/aromatic N) is 2. The van der Waals surface area contributed by atoms with Crippen molar-refractivity contribution in [2.75, 3.05) is 11.9 Å². The van der Waals surface area contributed by atoms with Crippen LogP contribution in [0.15, 0.2) is 12.3 Å². The lowest BCUT2D eigenvalue weighted by molar-refractivity contribution is -0.137. The van der Waals surface area contributed by atoms with Crippen LogP contribution in [0.5, 0.6) is 0 Å². The highest BCUT2D eigenvalue weighted by molar-refractivity contribution is 5.94. The van der Waals surface area contributed by atoms with E-state index in [0.717, 1.165) is 6.42 Å². The van der Waals surface area contributed by atoms with Crippen LogP contribution in [0.2, 0.25) is 0 Å². The number of amides is 1. The van der Waals surface area contributed by atoms with Gasteiger partial charge in [0.2, 0.25) is 5.91 Å². The number of carboxylic acid groups (broad SMARTS) is 1. The first kappa shape index (κ1) is 12.6. The van der Waals surface area contributed by atoms with E-state index < -0.39 is 5.97 Å². The second kappa shape index (κ2) is 5.18. The normalized spacial score (nSPS) is 21.6. The first-order valence-corrected chi connectivity index (χ1v) is 5.78. The molecule has 7 nitrogen and oxygen atoms in total. The van der Waals surface area contributed by atoms with Crippen LogP contribution in [-0.4, -0.2) is 39.5 Å². The van der Waals surface area contributed by atoms with Crippen molar-refractivity contribution in [1.29, 1.82) is 0 Å². The molecule has 1 aromatic heterocycles. The number of aromatic nitrogens is 2. The Bertz CT molecular complexity index is 457. The van der Waals surface area contributed by atoms with Crippen molar-refractivity contribution in [3.63, 3.8) is 0 Å². The molecule has 0 aliphatic heterocycles. The maximum Gasteiger partial charge on any atom is 0.325 e. The number of rotatable bonds is 6. The number of carbonyl (C=O) groups is 2. The molecule has 18 heavy (non-hydrogen) atoms. The monoisotopic (exact) mass is 253 g/mol. The number of nitrogens with one attached hydrogen (secondary N) is 1. The van der Waals surface area contributed by atoms with Gasteiger partial charge in [-0.2, -0.15) is 5.10 Å². The largest absolute Gasteiger partial charge is 0.480 e. The summed E-state index contributed by atoms with van der Waals surface area (Å²) >= 11 is 0. The molecule has 0 saturated heterocycles. The van der Waals surface area contributed by atoms with Crippen LogP contribution in [0.25, 0.3) is 0 Å². The SMILES string of the molecule is CCOC1CC1C(=O)Nc1ccn(CC(=O)O)n1. The van der Waals surface area contributed by atoms with Crippen LogP contribution in [0.1, 0.15) is 13.3 Å². The van der Waals surface area contributed by atoms with Gasteiger partial charge in [-0.1, -0.05) is 0 Å². The second-order valence-corrected chi connectivity index (χ2v) is 4.12. The van der Waals surface area contributed by atoms with Gasteiger partial charge in [0.1, 0.15) is 6.54 Å². The minimum atomic E-state index is -0.977. The molecule has 2 rings (SSSR count). The molecule has 0 spiro atoms. The molecule has 2 atom stereocenters. The van der Waals surface area contributed by atoms with Crippen molar-refractivity contribution in [3.05, 3.63) is 12.3 Å². The summed E-state index contributed by atoms with van der Waals surface area (Å²) in [6.07, 6.45) is 2.25. The summed E-state index contributed by atoms with van der Waals surface area (Å²) in [6.45, 7) is 2.27. The summed E-state index contributed by atoms with van der Waals surface area (Å²) in [7, 11) is 0. The zero-order valence-corrected chi connectivity index (χ0v) is 10.00. The maximum atomic E-state index is 11.7. The lowest BCUT2D eigenvalue weighted by Crippen LogP contribution is -2.17. The van der Waals surface area contributed by atoms with Crippen molar-refractivity contribution in [2.24, 2.45) is 5.92 Å². The number of hydrogen-bond donors (Lipinski definition) is 2. The minimum absolute atomic E-state index is 0.0103. The molecule has 0 bridgehead atoms. The van der Waals surface area contributed by atoms with Gasteiger partial charge in [-0.3, -0.25) is 14.3 Å². The molecule has 1 aliphatic rings. The predicted octanol–water partition coefficient (Wildman–Crippen LogP) is 0.331. The molecule has 1 saturated carbocycles. The van der Waals surface area contributed by atoms with Crippen LogP contribution >= 0.6 is 0 Å². The molecule has 2 unspecified atom stereocenters. The van der Waals surface area contributed by atoms with Gasteiger partial charge in [-0.15, -0.1) is 0 Å². The van der Waals surface area contributed by atoms with E-state index in [1.165, 1.54) is 10.9 Å². The van der Waals surface area contributed by atoms with Crippen molar-refractivity contribution < 1.29 is 19.4 Å². The van der Waals surface area contributed by atoms with Gasteiger partial charge >= 0.3 is 5.97 Å². The minimum Gasteiger partial charge on any atom is -0.480 e. The smallest absolute Gasteiger partial charge is 0.325 e. The van der Waals surface area contributed by atoms with Gasteiger partial charge in [-0.25, -0.2) is 0 Å². The van der Waals surface area contributed by atoms with E-state index in [2.05, 4.69) is 10.4 Å². The van der Waals surface area contributed by atoms with Gasteiger partial charge in [-0.05, 0) is 13.3 Å². The number of aliphatic carboxylic acids is 1. The van der Waals surface area contributed by atoms with Crippen molar-refractivity contribution in [3.8, 4) is 0 Å². The third kappa shape index (κ3) is 3.07. The molecule has 98 valence electrons. The van der Waals surface area contributed by atoms with Crippen LogP contribution in [0.4, 0.5) is 5.82 Å². The Morgan fingerprint density at radius 2 is 2.44 bits per heavy atom. The number of carbonyl (C=O) groups excluding carboxylic acids is 1. The Hall–Kier alpha value is -1.89. The van der Waals surface area contributed by atoms with Crippen molar-refractivity contribution in [1.82, 2.24) is 9.78 Å². The summed E-state index contributed by atoms with van der Waals surface area (Å²) in [5, 5.41) is 15.2. The fourth-order valence-electron chi connectivity index (χ4n) is 1.72. The zero-order valence-electron chi connectivity index (χ0n) is 10.00. The van der Waals surface area contributed by atoms with Gasteiger partial charge in [0.15, 0.2) is 5.82 Å². The summed E-state index contributed by atoms with van der Waals surface area (Å²) in [6, 6.07) is 1.57. The highest BCUT2D eigenvalue weighted by atomic mass is 16.5. The van der Waals surface area contributed by atoms with Crippen molar-refractivity contribution in [2.45, 2.75) is 26.0 Å². The molecule has 0 radical (unpaired) electrons. The second-order valence-electron chi connectivity index (χ2n) is 4.12. The average molecular weight is 253 g/mol. The highest BCUT2D eigenvalue weighted by Gasteiger charge is 2.44. The van der Waals surface area contributed by atoms with Gasteiger partial charge in [0.05, 0.1) is 12.0 Å². The Balaban J connectivity index is 1.84. The van der Waals surface area contributed by atoms with Crippen molar-refractivity contribution >= 4 is 17.7 Å². The zero-order chi connectivity index (χ0) is 13.1. The fourth-order valence-corrected chi connectivity index (χ4v) is 1.72. The summed E-state index contributed by atoms with van der Waals surface area (Å²) < 4.78 is 6.57. The van der Waals surface area contributed by atoms with E-state index >= 15 is 0 Å². The molecule has 7 heteroatoms. The van der Waals surface area contributed by atoms with Crippen LogP contribution < -0.4 is 5.32 Å². The van der Waals surface area contributed by atoms with E-state index in [-0.39, 0.29) is 24.5 Å². The van der Waals surface area contributed by atoms with E-state index in [9.17, 15) is 9.59 Å². The Kier molecular flexibility index (Phi) is 3.61. The van der Waals surface area contributed by atoms with Crippen LogP contribution in [0.3, 0.4) is 0 Å². The molecule has 0 aromatic carbocycles. The number of carboxylic acids is 1. The quantitative estimate of drug-likeness (QED) is 0.762. The third-order valence-corrected chi connectivity index (χ3v) is 2.64. The van der Waals surface area contributed by atoms with E-state index in [1.54, 1.807) is 6.07 Å². The Morgan fingerprint density at radius 3 is 3.11 bits per heavy atom. The number of ether oxygens (including phenoxy) is 1. The Labute approximate surface area is 104 Å². The molecular weight excluding hydrogens is 238 g/mol. The number of hydrogen-bond acceptors (Lipinski definition) is 4. The van der Waals surface area contributed by atoms with Gasteiger partial charge in [0, 0.05) is 18.9 Å². The van der Waals surface area contributed by atoms with Gasteiger partial charge in [0.25, 0.3) is 0 Å². The van der Waals surface area contributed by atoms with Crippen LogP contribution in [-0.2, 0) is 20.9 Å². The molecule has 1 aromatic rings. The topological polar surface area (TPSA) is 93.5 Å². The molecule has 1 aliphatic carbocycles. The third-order valence-electron chi connectivity index (χ3n) is 2.64. The molecular formula is C11H15N3O4. The van der Waals surface area contributed by atoms with E-state index in [1.807, 2.05) is 6.92 Å². The lowest BCUT2D eigenvalue weighted by Gasteiger charge is -2.01. The average Bonchev–Trinajstić information content (AvgIpc) is 2.93. The van der Waals surface area contributed by atoms with Crippen LogP contribution in [0, 0.1) is 5.92 Å². The van der Waals surface area contributed by atoms with E-state index in [4.69, 9.17) is 9.84 Å². The highest BCUT2D eigenvalue weighted by Crippen LogP contribution is 2.34. The lowest BCUT2D eigenvalue weighted by atomic mass is 10.4. The summed E-state index contributed by atoms with van der Waals surface area (Å²) in [5.74, 6) is -0.860. The molecule has 1 amide bonds.